The highest BCUT2D eigenvalue weighted by atomic mass is 14.4. The average molecular weight is 314 g/mol. The Morgan fingerprint density at radius 3 is 2.04 bits per heavy atom. The van der Waals surface area contributed by atoms with Gasteiger partial charge in [-0.3, -0.25) is 0 Å². The molecule has 24 heavy (non-hydrogen) atoms. The zero-order chi connectivity index (χ0) is 17.3. The minimum atomic E-state index is 0.0752. The Hall–Kier alpha value is -2.34. The predicted octanol–water partition coefficient (Wildman–Crippen LogP) is 6.99. The summed E-state index contributed by atoms with van der Waals surface area (Å²) in [5, 5.41) is 0. The molecular formula is C24H26. The minimum Gasteiger partial charge on any atom is -0.0683 e. The van der Waals surface area contributed by atoms with Gasteiger partial charge in [0.2, 0.25) is 0 Å². The molecule has 0 saturated heterocycles. The summed E-state index contributed by atoms with van der Waals surface area (Å²) in [6.45, 7) is 10.8. The number of aryl methyl sites for hydroxylation is 1. The molecule has 0 atom stereocenters. The number of fused-ring (bicyclic) bond motifs is 3. The van der Waals surface area contributed by atoms with Crippen LogP contribution in [0.25, 0.3) is 22.3 Å². The molecule has 0 fully saturated rings. The number of hydrogen-bond donors (Lipinski definition) is 0. The molecule has 1 aliphatic rings. The van der Waals surface area contributed by atoms with Gasteiger partial charge in [-0.05, 0) is 46.4 Å². The van der Waals surface area contributed by atoms with Crippen molar-refractivity contribution in [3.63, 3.8) is 0 Å². The number of rotatable bonds is 1. The van der Waals surface area contributed by atoms with Crippen LogP contribution in [0.5, 0.6) is 0 Å². The maximum Gasteiger partial charge on any atom is 0.0159 e. The number of hydrogen-bond acceptors (Lipinski definition) is 0. The third-order valence-corrected chi connectivity index (χ3v) is 4.93. The molecule has 0 bridgehead atoms. The van der Waals surface area contributed by atoms with Crippen molar-refractivity contribution < 1.29 is 0 Å². The quantitative estimate of drug-likeness (QED) is 0.454. The summed E-state index contributed by atoms with van der Waals surface area (Å²) in [4.78, 5) is 0. The lowest BCUT2D eigenvalue weighted by Crippen LogP contribution is -2.14. The second-order valence-corrected chi connectivity index (χ2v) is 6.80. The average Bonchev–Trinajstić information content (AvgIpc) is 2.85. The van der Waals surface area contributed by atoms with Crippen LogP contribution in [0, 0.1) is 6.92 Å². The Morgan fingerprint density at radius 1 is 0.625 bits per heavy atom. The van der Waals surface area contributed by atoms with Gasteiger partial charge in [-0.1, -0.05) is 93.9 Å². The molecule has 3 aromatic rings. The van der Waals surface area contributed by atoms with Crippen molar-refractivity contribution in [1.82, 2.24) is 0 Å². The first-order valence-corrected chi connectivity index (χ1v) is 8.89. The van der Waals surface area contributed by atoms with Crippen molar-refractivity contribution in [2.45, 2.75) is 40.0 Å². The Labute approximate surface area is 146 Å². The van der Waals surface area contributed by atoms with Gasteiger partial charge in [0.25, 0.3) is 0 Å². The smallest absolute Gasteiger partial charge is 0.0159 e. The third kappa shape index (κ3) is 2.57. The van der Waals surface area contributed by atoms with E-state index in [4.69, 9.17) is 0 Å². The van der Waals surface area contributed by atoms with Crippen LogP contribution in [0.3, 0.4) is 0 Å². The summed E-state index contributed by atoms with van der Waals surface area (Å²) >= 11 is 0. The van der Waals surface area contributed by atoms with Crippen LogP contribution < -0.4 is 0 Å². The first-order valence-electron chi connectivity index (χ1n) is 8.89. The van der Waals surface area contributed by atoms with E-state index in [2.05, 4.69) is 87.5 Å². The van der Waals surface area contributed by atoms with E-state index in [0.717, 1.165) is 0 Å². The van der Waals surface area contributed by atoms with Crippen LogP contribution in [0.1, 0.15) is 44.4 Å². The van der Waals surface area contributed by atoms with Crippen molar-refractivity contribution in [2.75, 3.05) is 0 Å². The second-order valence-electron chi connectivity index (χ2n) is 6.80. The van der Waals surface area contributed by atoms with Gasteiger partial charge in [0.05, 0.1) is 0 Å². The van der Waals surface area contributed by atoms with Gasteiger partial charge in [-0.25, -0.2) is 0 Å². The van der Waals surface area contributed by atoms with Gasteiger partial charge in [0.1, 0.15) is 0 Å². The summed E-state index contributed by atoms with van der Waals surface area (Å²) < 4.78 is 0. The van der Waals surface area contributed by atoms with Crippen molar-refractivity contribution >= 4 is 0 Å². The summed E-state index contributed by atoms with van der Waals surface area (Å²) in [6.07, 6.45) is 0. The van der Waals surface area contributed by atoms with Crippen LogP contribution in [0.4, 0.5) is 0 Å². The zero-order valence-electron chi connectivity index (χ0n) is 15.4. The van der Waals surface area contributed by atoms with Gasteiger partial charge in [0.15, 0.2) is 0 Å². The maximum absolute atomic E-state index is 2.38. The molecule has 0 amide bonds. The molecule has 0 heteroatoms. The highest BCUT2D eigenvalue weighted by molar-refractivity contribution is 5.83. The van der Waals surface area contributed by atoms with E-state index in [1.54, 1.807) is 0 Å². The fourth-order valence-corrected chi connectivity index (χ4v) is 3.71. The van der Waals surface area contributed by atoms with Gasteiger partial charge in [-0.2, -0.15) is 0 Å². The highest BCUT2D eigenvalue weighted by Gasteiger charge is 2.35. The van der Waals surface area contributed by atoms with Crippen molar-refractivity contribution in [3.05, 3.63) is 83.4 Å². The fraction of sp³-hybridized carbons (Fsp3) is 0.250. The molecule has 4 rings (SSSR count). The predicted molar refractivity (Wildman–Crippen MR) is 106 cm³/mol. The van der Waals surface area contributed by atoms with Crippen LogP contribution in [0.15, 0.2) is 66.7 Å². The molecule has 122 valence electrons. The fourth-order valence-electron chi connectivity index (χ4n) is 3.71. The summed E-state index contributed by atoms with van der Waals surface area (Å²) in [5.41, 5.74) is 9.64. The van der Waals surface area contributed by atoms with E-state index < -0.39 is 0 Å². The number of benzene rings is 3. The minimum absolute atomic E-state index is 0.0752. The maximum atomic E-state index is 2.38. The van der Waals surface area contributed by atoms with Crippen molar-refractivity contribution in [3.8, 4) is 22.3 Å². The molecule has 0 heterocycles. The Bertz CT molecular complexity index is 869. The van der Waals surface area contributed by atoms with E-state index in [0.29, 0.717) is 0 Å². The van der Waals surface area contributed by atoms with Crippen LogP contribution in [0.2, 0.25) is 0 Å². The largest absolute Gasteiger partial charge is 0.0683 e. The lowest BCUT2D eigenvalue weighted by molar-refractivity contribution is 0.660. The Kier molecular flexibility index (Phi) is 4.32. The summed E-state index contributed by atoms with van der Waals surface area (Å²) in [5.74, 6) is 0. The lowest BCUT2D eigenvalue weighted by atomic mass is 9.81. The Balaban J connectivity index is 0.000000815. The van der Waals surface area contributed by atoms with Crippen LogP contribution in [-0.4, -0.2) is 0 Å². The van der Waals surface area contributed by atoms with Gasteiger partial charge >= 0.3 is 0 Å². The van der Waals surface area contributed by atoms with E-state index in [1.807, 2.05) is 13.8 Å². The zero-order valence-corrected chi connectivity index (χ0v) is 15.4. The summed E-state index contributed by atoms with van der Waals surface area (Å²) in [7, 11) is 0. The van der Waals surface area contributed by atoms with E-state index in [9.17, 15) is 0 Å². The van der Waals surface area contributed by atoms with E-state index in [-0.39, 0.29) is 5.41 Å². The molecule has 0 radical (unpaired) electrons. The van der Waals surface area contributed by atoms with Crippen molar-refractivity contribution in [1.29, 1.82) is 0 Å². The second kappa shape index (κ2) is 6.28. The standard InChI is InChI=1S/C22H20.C2H6/c1-15-7-6-8-16(13-15)17-11-12-19-18-9-4-5-10-20(18)22(2,3)21(19)14-17;1-2/h4-14H,1-3H3;1-2H3. The molecular weight excluding hydrogens is 288 g/mol. The first-order chi connectivity index (χ1) is 11.6. The molecule has 0 saturated carbocycles. The SMILES string of the molecule is CC.Cc1cccc(-c2ccc3c(c2)C(C)(C)c2ccccc2-3)c1. The molecule has 1 aliphatic carbocycles. The topological polar surface area (TPSA) is 0 Å². The van der Waals surface area contributed by atoms with E-state index in [1.165, 1.54) is 38.9 Å². The van der Waals surface area contributed by atoms with Gasteiger partial charge in [0, 0.05) is 5.41 Å². The van der Waals surface area contributed by atoms with E-state index >= 15 is 0 Å². The molecule has 0 spiro atoms. The monoisotopic (exact) mass is 314 g/mol. The lowest BCUT2D eigenvalue weighted by Gasteiger charge is -2.22. The normalized spacial score (nSPS) is 13.5. The molecule has 0 unspecified atom stereocenters. The van der Waals surface area contributed by atoms with Crippen LogP contribution in [-0.2, 0) is 5.41 Å². The Morgan fingerprint density at radius 2 is 1.29 bits per heavy atom. The van der Waals surface area contributed by atoms with Gasteiger partial charge < -0.3 is 0 Å². The molecule has 0 aromatic heterocycles. The molecule has 3 aromatic carbocycles. The van der Waals surface area contributed by atoms with Crippen molar-refractivity contribution in [2.24, 2.45) is 0 Å². The first kappa shape index (κ1) is 16.5. The van der Waals surface area contributed by atoms with Crippen LogP contribution >= 0.6 is 0 Å². The van der Waals surface area contributed by atoms with Gasteiger partial charge in [-0.15, -0.1) is 0 Å². The summed E-state index contributed by atoms with van der Waals surface area (Å²) in [6, 6.07) is 24.5. The third-order valence-electron chi connectivity index (χ3n) is 4.93. The highest BCUT2D eigenvalue weighted by Crippen LogP contribution is 2.49. The molecule has 0 nitrogen and oxygen atoms in total. The molecule has 0 aliphatic heterocycles. The molecule has 0 N–H and O–H groups in total.